The maximum Gasteiger partial charge on any atom is 0.326 e. The van der Waals surface area contributed by atoms with E-state index in [-0.39, 0.29) is 17.9 Å². The van der Waals surface area contributed by atoms with Crippen LogP contribution in [0.3, 0.4) is 0 Å². The maximum absolute atomic E-state index is 12.3. The third-order valence-corrected chi connectivity index (χ3v) is 4.74. The summed E-state index contributed by atoms with van der Waals surface area (Å²) in [5.74, 6) is -0.713. The Balaban J connectivity index is 1.81. The number of carbonyl (C=O) groups excluding carboxylic acids is 1. The summed E-state index contributed by atoms with van der Waals surface area (Å²) < 4.78 is 0. The Bertz CT molecular complexity index is 450. The third kappa shape index (κ3) is 5.09. The summed E-state index contributed by atoms with van der Waals surface area (Å²) >= 11 is 0. The highest BCUT2D eigenvalue weighted by atomic mass is 16.4. The zero-order valence-electron chi connectivity index (χ0n) is 13.3. The fourth-order valence-electron chi connectivity index (χ4n) is 3.55. The van der Waals surface area contributed by atoms with Crippen LogP contribution < -0.4 is 22.1 Å². The molecule has 0 aromatic carbocycles. The van der Waals surface area contributed by atoms with Crippen molar-refractivity contribution in [2.24, 2.45) is 22.4 Å². The van der Waals surface area contributed by atoms with E-state index in [0.29, 0.717) is 31.3 Å². The van der Waals surface area contributed by atoms with Crippen molar-refractivity contribution in [3.63, 3.8) is 0 Å². The van der Waals surface area contributed by atoms with Crippen LogP contribution in [0.1, 0.15) is 44.9 Å². The van der Waals surface area contributed by atoms with Crippen molar-refractivity contribution in [3.05, 3.63) is 0 Å². The van der Waals surface area contributed by atoms with Crippen molar-refractivity contribution in [1.82, 2.24) is 10.6 Å². The van der Waals surface area contributed by atoms with Gasteiger partial charge in [0.2, 0.25) is 5.91 Å². The quantitative estimate of drug-likeness (QED) is 0.243. The van der Waals surface area contributed by atoms with Crippen molar-refractivity contribution in [1.29, 1.82) is 0 Å². The molecule has 0 spiro atoms. The monoisotopic (exact) mass is 325 g/mol. The highest BCUT2D eigenvalue weighted by Crippen LogP contribution is 2.33. The van der Waals surface area contributed by atoms with Gasteiger partial charge in [-0.3, -0.25) is 9.79 Å². The largest absolute Gasteiger partial charge is 0.480 e. The van der Waals surface area contributed by atoms with Gasteiger partial charge in [0.05, 0.1) is 6.04 Å². The highest BCUT2D eigenvalue weighted by Gasteiger charge is 2.38. The van der Waals surface area contributed by atoms with E-state index < -0.39 is 12.0 Å². The molecule has 1 saturated heterocycles. The molecule has 130 valence electrons. The summed E-state index contributed by atoms with van der Waals surface area (Å²) in [7, 11) is 0. The number of hydrogen-bond donors (Lipinski definition) is 5. The number of carboxylic acids is 1. The van der Waals surface area contributed by atoms with E-state index in [1.807, 2.05) is 0 Å². The Kier molecular flexibility index (Phi) is 6.20. The molecule has 2 rings (SSSR count). The smallest absolute Gasteiger partial charge is 0.326 e. The molecule has 7 N–H and O–H groups in total. The lowest BCUT2D eigenvalue weighted by atomic mass is 9.85. The number of carbonyl (C=O) groups is 2. The molecule has 1 aliphatic heterocycles. The molecule has 1 heterocycles. The van der Waals surface area contributed by atoms with Gasteiger partial charge in [0.1, 0.15) is 6.04 Å². The van der Waals surface area contributed by atoms with Crippen LogP contribution in [0, 0.1) is 5.92 Å². The summed E-state index contributed by atoms with van der Waals surface area (Å²) in [5.41, 5.74) is 10.4. The number of nitrogens with two attached hydrogens (primary N) is 2. The fraction of sp³-hybridized carbons (Fsp3) is 0.800. The zero-order chi connectivity index (χ0) is 16.8. The van der Waals surface area contributed by atoms with Crippen LogP contribution >= 0.6 is 0 Å². The standard InChI is InChI=1S/C15H27N5O3/c16-15(17)18-7-3-6-11(14(22)23)20-13(21)12-8-9-4-1-2-5-10(9)19-12/h9-12,19H,1-8H2,(H,20,21)(H,22,23)(H4,16,17,18)/t9?,10?,11-,12?/m0/s1. The molecule has 23 heavy (non-hydrogen) atoms. The topological polar surface area (TPSA) is 143 Å². The van der Waals surface area contributed by atoms with Gasteiger partial charge in [0, 0.05) is 12.6 Å². The first kappa shape index (κ1) is 17.5. The number of nitrogens with one attached hydrogen (secondary N) is 2. The molecular weight excluding hydrogens is 298 g/mol. The van der Waals surface area contributed by atoms with Crippen LogP contribution in [0.25, 0.3) is 0 Å². The van der Waals surface area contributed by atoms with Gasteiger partial charge in [-0.1, -0.05) is 12.8 Å². The normalized spacial score (nSPS) is 27.7. The average molecular weight is 325 g/mol. The van der Waals surface area contributed by atoms with Gasteiger partial charge in [-0.2, -0.15) is 0 Å². The molecular formula is C15H27N5O3. The SMILES string of the molecule is NC(N)=NCCC[C@H](NC(=O)C1CC2CCCCC2N1)C(=O)O. The van der Waals surface area contributed by atoms with Gasteiger partial charge >= 0.3 is 5.97 Å². The Morgan fingerprint density at radius 1 is 1.30 bits per heavy atom. The van der Waals surface area contributed by atoms with Crippen LogP contribution in [0.15, 0.2) is 4.99 Å². The van der Waals surface area contributed by atoms with Crippen molar-refractivity contribution in [2.45, 2.75) is 63.1 Å². The Hall–Kier alpha value is -1.83. The molecule has 3 unspecified atom stereocenters. The molecule has 2 fully saturated rings. The first-order chi connectivity index (χ1) is 11.0. The molecule has 2 aliphatic rings. The van der Waals surface area contributed by atoms with E-state index >= 15 is 0 Å². The summed E-state index contributed by atoms with van der Waals surface area (Å²) in [6.07, 6.45) is 6.29. The molecule has 0 aromatic heterocycles. The highest BCUT2D eigenvalue weighted by molar-refractivity contribution is 5.87. The second-order valence-electron chi connectivity index (χ2n) is 6.45. The van der Waals surface area contributed by atoms with E-state index in [1.54, 1.807) is 0 Å². The number of fused-ring (bicyclic) bond motifs is 1. The molecule has 0 bridgehead atoms. The van der Waals surface area contributed by atoms with Crippen molar-refractivity contribution in [3.8, 4) is 0 Å². The minimum Gasteiger partial charge on any atom is -0.480 e. The van der Waals surface area contributed by atoms with Gasteiger partial charge in [0.15, 0.2) is 5.96 Å². The summed E-state index contributed by atoms with van der Waals surface area (Å²) in [5, 5.41) is 15.3. The van der Waals surface area contributed by atoms with Gasteiger partial charge in [0.25, 0.3) is 0 Å². The van der Waals surface area contributed by atoms with Crippen molar-refractivity contribution in [2.75, 3.05) is 6.54 Å². The van der Waals surface area contributed by atoms with Crippen LogP contribution in [0.4, 0.5) is 0 Å². The fourth-order valence-corrected chi connectivity index (χ4v) is 3.55. The first-order valence-electron chi connectivity index (χ1n) is 8.32. The molecule has 1 aliphatic carbocycles. The average Bonchev–Trinajstić information content (AvgIpc) is 2.93. The molecule has 8 nitrogen and oxygen atoms in total. The van der Waals surface area contributed by atoms with Crippen LogP contribution in [0.2, 0.25) is 0 Å². The molecule has 4 atom stereocenters. The Labute approximate surface area is 136 Å². The van der Waals surface area contributed by atoms with E-state index in [9.17, 15) is 14.7 Å². The Morgan fingerprint density at radius 2 is 2.04 bits per heavy atom. The van der Waals surface area contributed by atoms with Gasteiger partial charge in [-0.05, 0) is 38.0 Å². The van der Waals surface area contributed by atoms with E-state index in [0.717, 1.165) is 19.3 Å². The lowest BCUT2D eigenvalue weighted by molar-refractivity contribution is -0.142. The number of guanidine groups is 1. The molecule has 1 saturated carbocycles. The minimum absolute atomic E-state index is 0.0151. The molecule has 0 aromatic rings. The second-order valence-corrected chi connectivity index (χ2v) is 6.45. The minimum atomic E-state index is -1.03. The Morgan fingerprint density at radius 3 is 2.70 bits per heavy atom. The van der Waals surface area contributed by atoms with Crippen LogP contribution in [0.5, 0.6) is 0 Å². The first-order valence-corrected chi connectivity index (χ1v) is 8.32. The third-order valence-electron chi connectivity index (χ3n) is 4.74. The number of aliphatic carboxylic acids is 1. The summed E-state index contributed by atoms with van der Waals surface area (Å²) in [6.45, 7) is 0.355. The van der Waals surface area contributed by atoms with Crippen LogP contribution in [-0.4, -0.2) is 47.6 Å². The predicted molar refractivity (Wildman–Crippen MR) is 86.8 cm³/mol. The molecule has 8 heteroatoms. The number of rotatable bonds is 7. The predicted octanol–water partition coefficient (Wildman–Crippen LogP) is -0.470. The maximum atomic E-state index is 12.3. The molecule has 0 radical (unpaired) electrons. The summed E-state index contributed by atoms with van der Waals surface area (Å²) in [6, 6.07) is -0.770. The number of aliphatic imine (C=N–C) groups is 1. The lowest BCUT2D eigenvalue weighted by Crippen LogP contribution is -2.49. The van der Waals surface area contributed by atoms with Gasteiger partial charge in [-0.15, -0.1) is 0 Å². The van der Waals surface area contributed by atoms with Gasteiger partial charge < -0.3 is 27.2 Å². The number of hydrogen-bond acceptors (Lipinski definition) is 4. The van der Waals surface area contributed by atoms with E-state index in [2.05, 4.69) is 15.6 Å². The van der Waals surface area contributed by atoms with Gasteiger partial charge in [-0.25, -0.2) is 4.79 Å². The lowest BCUT2D eigenvalue weighted by Gasteiger charge is -2.24. The van der Waals surface area contributed by atoms with E-state index in [1.165, 1.54) is 12.8 Å². The van der Waals surface area contributed by atoms with Crippen LogP contribution in [-0.2, 0) is 9.59 Å². The number of amides is 1. The van der Waals surface area contributed by atoms with Crippen molar-refractivity contribution < 1.29 is 14.7 Å². The summed E-state index contributed by atoms with van der Waals surface area (Å²) in [4.78, 5) is 27.5. The number of nitrogens with zero attached hydrogens (tertiary/aromatic N) is 1. The number of carboxylic acid groups (broad SMARTS) is 1. The second kappa shape index (κ2) is 8.14. The zero-order valence-corrected chi connectivity index (χ0v) is 13.3. The van der Waals surface area contributed by atoms with Crippen molar-refractivity contribution >= 4 is 17.8 Å². The molecule has 1 amide bonds. The van der Waals surface area contributed by atoms with E-state index in [4.69, 9.17) is 11.5 Å².